The lowest BCUT2D eigenvalue weighted by Crippen LogP contribution is -2.55. The summed E-state index contributed by atoms with van der Waals surface area (Å²) < 4.78 is 3.99. The molecule has 7 heteroatoms. The highest BCUT2D eigenvalue weighted by Crippen LogP contribution is 2.23. The standard InChI is InChI=1S/C21H27N5O2/c1-16(27)26(11-5-10-25-13-9-22-15-25)21(2,3)20(28)23-18-6-7-19-17(14-18)8-12-24(19)4/h6-9,12-15H,5,10-11H2,1-4H3,(H,23,28). The predicted molar refractivity (Wildman–Crippen MR) is 110 cm³/mol. The summed E-state index contributed by atoms with van der Waals surface area (Å²) in [5, 5.41) is 4.02. The van der Waals surface area contributed by atoms with Crippen LogP contribution in [0.4, 0.5) is 5.69 Å². The second-order valence-corrected chi connectivity index (χ2v) is 7.54. The number of aryl methyl sites for hydroxylation is 2. The van der Waals surface area contributed by atoms with Crippen molar-refractivity contribution in [2.75, 3.05) is 11.9 Å². The smallest absolute Gasteiger partial charge is 0.249 e. The molecule has 0 fully saturated rings. The van der Waals surface area contributed by atoms with E-state index >= 15 is 0 Å². The Balaban J connectivity index is 1.69. The van der Waals surface area contributed by atoms with Gasteiger partial charge in [0.25, 0.3) is 0 Å². The van der Waals surface area contributed by atoms with Gasteiger partial charge in [0.2, 0.25) is 11.8 Å². The van der Waals surface area contributed by atoms with E-state index in [0.29, 0.717) is 6.54 Å². The van der Waals surface area contributed by atoms with Gasteiger partial charge in [-0.1, -0.05) is 0 Å². The molecule has 0 aliphatic rings. The van der Waals surface area contributed by atoms with Crippen LogP contribution in [-0.4, -0.2) is 42.9 Å². The summed E-state index contributed by atoms with van der Waals surface area (Å²) in [6.45, 7) is 6.30. The maximum Gasteiger partial charge on any atom is 0.249 e. The highest BCUT2D eigenvalue weighted by molar-refractivity contribution is 6.01. The zero-order valence-electron chi connectivity index (χ0n) is 16.8. The largest absolute Gasteiger partial charge is 0.351 e. The Morgan fingerprint density at radius 2 is 2.00 bits per heavy atom. The third-order valence-electron chi connectivity index (χ3n) is 5.11. The van der Waals surface area contributed by atoms with Gasteiger partial charge in [-0.2, -0.15) is 0 Å². The molecule has 0 bridgehead atoms. The Hall–Kier alpha value is -3.09. The first-order valence-corrected chi connectivity index (χ1v) is 9.39. The molecular weight excluding hydrogens is 354 g/mol. The molecular formula is C21H27N5O2. The zero-order valence-corrected chi connectivity index (χ0v) is 16.8. The summed E-state index contributed by atoms with van der Waals surface area (Å²) in [5.74, 6) is -0.329. The lowest BCUT2D eigenvalue weighted by Gasteiger charge is -2.36. The monoisotopic (exact) mass is 381 g/mol. The average Bonchev–Trinajstić information content (AvgIpc) is 3.28. The number of nitrogens with one attached hydrogen (secondary N) is 1. The molecule has 148 valence electrons. The summed E-state index contributed by atoms with van der Waals surface area (Å²) in [5.41, 5.74) is 0.854. The van der Waals surface area contributed by atoms with Gasteiger partial charge < -0.3 is 19.4 Å². The molecule has 0 saturated heterocycles. The molecule has 3 aromatic rings. The van der Waals surface area contributed by atoms with Crippen LogP contribution in [0.5, 0.6) is 0 Å². The summed E-state index contributed by atoms with van der Waals surface area (Å²) in [4.78, 5) is 30.9. The third kappa shape index (κ3) is 4.08. The Kier molecular flexibility index (Phi) is 5.53. The molecule has 7 nitrogen and oxygen atoms in total. The van der Waals surface area contributed by atoms with Crippen LogP contribution in [0.1, 0.15) is 27.2 Å². The molecule has 0 aliphatic heterocycles. The van der Waals surface area contributed by atoms with Crippen LogP contribution >= 0.6 is 0 Å². The molecule has 1 aromatic carbocycles. The Morgan fingerprint density at radius 3 is 2.68 bits per heavy atom. The molecule has 0 aliphatic carbocycles. The summed E-state index contributed by atoms with van der Waals surface area (Å²) in [7, 11) is 1.98. The third-order valence-corrected chi connectivity index (χ3v) is 5.11. The first-order chi connectivity index (χ1) is 13.3. The van der Waals surface area contributed by atoms with E-state index in [9.17, 15) is 9.59 Å². The number of amides is 2. The SMILES string of the molecule is CC(=O)N(CCCn1ccnc1)C(C)(C)C(=O)Nc1ccc2c(ccn2C)c1. The Labute approximate surface area is 165 Å². The second-order valence-electron chi connectivity index (χ2n) is 7.54. The van der Waals surface area contributed by atoms with E-state index in [-0.39, 0.29) is 11.8 Å². The van der Waals surface area contributed by atoms with E-state index in [0.717, 1.165) is 29.6 Å². The van der Waals surface area contributed by atoms with Gasteiger partial charge in [0.1, 0.15) is 5.54 Å². The minimum absolute atomic E-state index is 0.121. The van der Waals surface area contributed by atoms with Crippen molar-refractivity contribution >= 4 is 28.4 Å². The topological polar surface area (TPSA) is 72.2 Å². The maximum atomic E-state index is 13.0. The number of anilines is 1. The molecule has 0 atom stereocenters. The van der Waals surface area contributed by atoms with Crippen LogP contribution in [0.25, 0.3) is 10.9 Å². The molecule has 0 spiro atoms. The highest BCUT2D eigenvalue weighted by Gasteiger charge is 2.36. The first kappa shape index (κ1) is 19.7. The Bertz CT molecular complexity index is 972. The number of rotatable bonds is 7. The van der Waals surface area contributed by atoms with Gasteiger partial charge in [0.05, 0.1) is 6.33 Å². The molecule has 2 aromatic heterocycles. The fourth-order valence-corrected chi connectivity index (χ4v) is 3.43. The van der Waals surface area contributed by atoms with E-state index in [1.165, 1.54) is 6.92 Å². The predicted octanol–water partition coefficient (Wildman–Crippen LogP) is 3.03. The minimum Gasteiger partial charge on any atom is -0.351 e. The van der Waals surface area contributed by atoms with Gasteiger partial charge >= 0.3 is 0 Å². The average molecular weight is 381 g/mol. The molecule has 1 N–H and O–H groups in total. The molecule has 2 heterocycles. The van der Waals surface area contributed by atoms with Crippen molar-refractivity contribution in [1.82, 2.24) is 19.0 Å². The van der Waals surface area contributed by atoms with E-state index < -0.39 is 5.54 Å². The Morgan fingerprint density at radius 1 is 1.21 bits per heavy atom. The number of imidazole rings is 1. The van der Waals surface area contributed by atoms with Crippen molar-refractivity contribution in [1.29, 1.82) is 0 Å². The molecule has 0 radical (unpaired) electrons. The quantitative estimate of drug-likeness (QED) is 0.684. The van der Waals surface area contributed by atoms with Gasteiger partial charge in [-0.25, -0.2) is 4.98 Å². The van der Waals surface area contributed by atoms with Gasteiger partial charge in [-0.15, -0.1) is 0 Å². The van der Waals surface area contributed by atoms with Crippen LogP contribution in [0.3, 0.4) is 0 Å². The van der Waals surface area contributed by atoms with Crippen LogP contribution in [0, 0.1) is 0 Å². The van der Waals surface area contributed by atoms with E-state index in [4.69, 9.17) is 0 Å². The maximum absolute atomic E-state index is 13.0. The van der Waals surface area contributed by atoms with Gasteiger partial charge in [0.15, 0.2) is 0 Å². The van der Waals surface area contributed by atoms with Gasteiger partial charge in [-0.3, -0.25) is 9.59 Å². The summed E-state index contributed by atoms with van der Waals surface area (Å²) >= 11 is 0. The zero-order chi connectivity index (χ0) is 20.3. The molecule has 28 heavy (non-hydrogen) atoms. The van der Waals surface area contributed by atoms with Crippen LogP contribution < -0.4 is 5.32 Å². The number of nitrogens with zero attached hydrogens (tertiary/aromatic N) is 4. The lowest BCUT2D eigenvalue weighted by molar-refractivity contribution is -0.142. The van der Waals surface area contributed by atoms with Crippen molar-refractivity contribution in [2.45, 2.75) is 39.3 Å². The van der Waals surface area contributed by atoms with E-state index in [1.807, 2.05) is 52.8 Å². The number of benzene rings is 1. The minimum atomic E-state index is -0.966. The summed E-state index contributed by atoms with van der Waals surface area (Å²) in [6.07, 6.45) is 8.08. The van der Waals surface area contributed by atoms with Gasteiger partial charge in [0, 0.05) is 62.2 Å². The summed E-state index contributed by atoms with van der Waals surface area (Å²) in [6, 6.07) is 7.81. The van der Waals surface area contributed by atoms with E-state index in [1.54, 1.807) is 31.3 Å². The van der Waals surface area contributed by atoms with Crippen molar-refractivity contribution in [2.24, 2.45) is 7.05 Å². The van der Waals surface area contributed by atoms with Crippen LogP contribution in [0.15, 0.2) is 49.2 Å². The second kappa shape index (κ2) is 7.88. The number of carbonyl (C=O) groups excluding carboxylic acids is 2. The molecule has 3 rings (SSSR count). The molecule has 2 amide bonds. The number of carbonyl (C=O) groups is 2. The van der Waals surface area contributed by atoms with Crippen LogP contribution in [0.2, 0.25) is 0 Å². The fraction of sp³-hybridized carbons (Fsp3) is 0.381. The van der Waals surface area contributed by atoms with Gasteiger partial charge in [-0.05, 0) is 44.5 Å². The normalized spacial score (nSPS) is 11.6. The highest BCUT2D eigenvalue weighted by atomic mass is 16.2. The van der Waals surface area contributed by atoms with Crippen molar-refractivity contribution < 1.29 is 9.59 Å². The first-order valence-electron chi connectivity index (χ1n) is 9.39. The number of fused-ring (bicyclic) bond motifs is 1. The van der Waals surface area contributed by atoms with Crippen molar-refractivity contribution in [3.05, 3.63) is 49.2 Å². The number of hydrogen-bond donors (Lipinski definition) is 1. The van der Waals surface area contributed by atoms with Crippen molar-refractivity contribution in [3.63, 3.8) is 0 Å². The number of hydrogen-bond acceptors (Lipinski definition) is 3. The van der Waals surface area contributed by atoms with Crippen LogP contribution in [-0.2, 0) is 23.2 Å². The fourth-order valence-electron chi connectivity index (χ4n) is 3.43. The van der Waals surface area contributed by atoms with Crippen molar-refractivity contribution in [3.8, 4) is 0 Å². The molecule has 0 unspecified atom stereocenters. The lowest BCUT2D eigenvalue weighted by atomic mass is 10.0. The number of aromatic nitrogens is 3. The molecule has 0 saturated carbocycles. The van der Waals surface area contributed by atoms with E-state index in [2.05, 4.69) is 10.3 Å².